The van der Waals surface area contributed by atoms with Crippen molar-refractivity contribution in [3.8, 4) is 0 Å². The molecule has 4 N–H and O–H groups in total. The third kappa shape index (κ3) is 3.70. The van der Waals surface area contributed by atoms with Crippen LogP contribution in [0, 0.1) is 0 Å². The van der Waals surface area contributed by atoms with Gasteiger partial charge in [0, 0.05) is 6.04 Å². The minimum atomic E-state index is -0.616. The number of rotatable bonds is 4. The van der Waals surface area contributed by atoms with Crippen molar-refractivity contribution in [3.05, 3.63) is 36.2 Å². The number of urea groups is 1. The van der Waals surface area contributed by atoms with Gasteiger partial charge in [-0.1, -0.05) is 17.3 Å². The Bertz CT molecular complexity index is 949. The lowest BCUT2D eigenvalue weighted by molar-refractivity contribution is -0.117. The first-order valence-corrected chi connectivity index (χ1v) is 9.66. The monoisotopic (exact) mass is 397 g/mol. The Kier molecular flexibility index (Phi) is 5.01. The maximum Gasteiger partial charge on any atom is 0.329 e. The molecule has 2 fully saturated rings. The van der Waals surface area contributed by atoms with Crippen molar-refractivity contribution in [1.29, 1.82) is 0 Å². The summed E-state index contributed by atoms with van der Waals surface area (Å²) in [7, 11) is 0. The average Bonchev–Trinajstić information content (AvgIpc) is 3.29. The Labute approximate surface area is 167 Å². The molecule has 1 atom stereocenters. The van der Waals surface area contributed by atoms with E-state index in [0.29, 0.717) is 11.4 Å². The number of carbonyl (C=O) groups excluding carboxylic acids is 3. The number of imide groups is 1. The summed E-state index contributed by atoms with van der Waals surface area (Å²) in [6, 6.07) is 5.91. The van der Waals surface area contributed by atoms with Crippen molar-refractivity contribution in [1.82, 2.24) is 20.3 Å². The van der Waals surface area contributed by atoms with Crippen LogP contribution in [0.3, 0.4) is 0 Å². The van der Waals surface area contributed by atoms with E-state index >= 15 is 0 Å². The van der Waals surface area contributed by atoms with Crippen LogP contribution in [0.15, 0.2) is 30.5 Å². The highest BCUT2D eigenvalue weighted by Crippen LogP contribution is 2.29. The van der Waals surface area contributed by atoms with Gasteiger partial charge in [-0.15, -0.1) is 5.10 Å². The van der Waals surface area contributed by atoms with Gasteiger partial charge in [-0.25, -0.2) is 14.4 Å². The third-order valence-corrected chi connectivity index (χ3v) is 5.39. The van der Waals surface area contributed by atoms with Gasteiger partial charge in [0.05, 0.1) is 23.6 Å². The van der Waals surface area contributed by atoms with Crippen LogP contribution in [0.5, 0.6) is 0 Å². The third-order valence-electron chi connectivity index (χ3n) is 5.39. The van der Waals surface area contributed by atoms with Crippen LogP contribution in [0.2, 0.25) is 0 Å². The fourth-order valence-corrected chi connectivity index (χ4v) is 3.72. The quantitative estimate of drug-likeness (QED) is 0.668. The lowest BCUT2D eigenvalue weighted by atomic mass is 9.92. The molecule has 4 rings (SSSR count). The minimum absolute atomic E-state index is 0.167. The molecule has 1 aliphatic heterocycles. The molecule has 0 spiro atoms. The van der Waals surface area contributed by atoms with Crippen LogP contribution in [-0.4, -0.2) is 44.9 Å². The van der Waals surface area contributed by atoms with Crippen LogP contribution >= 0.6 is 0 Å². The van der Waals surface area contributed by atoms with Crippen LogP contribution in [-0.2, 0) is 4.79 Å². The summed E-state index contributed by atoms with van der Waals surface area (Å²) in [5, 5.41) is 13.4. The number of aromatic nitrogens is 3. The first kappa shape index (κ1) is 19.1. The number of benzene rings is 1. The summed E-state index contributed by atoms with van der Waals surface area (Å²) in [5.41, 5.74) is 6.76. The molecule has 1 saturated heterocycles. The second-order valence-electron chi connectivity index (χ2n) is 7.47. The first-order chi connectivity index (χ1) is 13.9. The van der Waals surface area contributed by atoms with Crippen molar-refractivity contribution in [2.45, 2.75) is 50.7 Å². The largest absolute Gasteiger partial charge is 0.329 e. The van der Waals surface area contributed by atoms with Crippen LogP contribution in [0.25, 0.3) is 0 Å². The molecule has 2 heterocycles. The Morgan fingerprint density at radius 1 is 1.21 bits per heavy atom. The maximum absolute atomic E-state index is 12.7. The van der Waals surface area contributed by atoms with E-state index in [4.69, 9.17) is 5.73 Å². The molecule has 1 aromatic carbocycles. The lowest BCUT2D eigenvalue weighted by Crippen LogP contribution is -2.32. The maximum atomic E-state index is 12.7. The predicted molar refractivity (Wildman–Crippen MR) is 105 cm³/mol. The number of hydrogen-bond acceptors (Lipinski definition) is 6. The minimum Gasteiger partial charge on any atom is -0.328 e. The van der Waals surface area contributed by atoms with Crippen molar-refractivity contribution in [2.75, 3.05) is 10.2 Å². The van der Waals surface area contributed by atoms with Crippen LogP contribution < -0.4 is 21.3 Å². The normalized spacial score (nSPS) is 24.5. The van der Waals surface area contributed by atoms with Gasteiger partial charge in [0.2, 0.25) is 0 Å². The second-order valence-corrected chi connectivity index (χ2v) is 7.47. The SMILES string of the molecule is CC1NC(=O)N(c2ccccc2NC(=O)c2cn(C3CCC(N)CC3)nn2)C1=O. The van der Waals surface area contributed by atoms with Gasteiger partial charge in [0.25, 0.3) is 11.8 Å². The standard InChI is InChI=1S/C19H23N7O3/c1-11-18(28)26(19(29)21-11)16-5-3-2-4-14(16)22-17(27)15-10-25(24-23-15)13-8-6-12(20)7-9-13/h2-5,10-13H,6-9,20H2,1H3,(H,21,29)(H,22,27). The van der Waals surface area contributed by atoms with Gasteiger partial charge in [-0.2, -0.15) is 0 Å². The zero-order valence-electron chi connectivity index (χ0n) is 16.0. The number of amides is 4. The molecule has 0 bridgehead atoms. The number of nitrogens with zero attached hydrogens (tertiary/aromatic N) is 4. The highest BCUT2D eigenvalue weighted by molar-refractivity contribution is 6.23. The Morgan fingerprint density at radius 2 is 1.93 bits per heavy atom. The highest BCUT2D eigenvalue weighted by atomic mass is 16.2. The molecule has 2 aromatic rings. The fraction of sp³-hybridized carbons (Fsp3) is 0.421. The molecule has 1 saturated carbocycles. The summed E-state index contributed by atoms with van der Waals surface area (Å²) < 4.78 is 1.71. The van der Waals surface area contributed by atoms with Gasteiger partial charge >= 0.3 is 6.03 Å². The van der Waals surface area contributed by atoms with Gasteiger partial charge in [-0.3, -0.25) is 9.59 Å². The number of para-hydroxylation sites is 2. The van der Waals surface area contributed by atoms with Crippen LogP contribution in [0.1, 0.15) is 49.1 Å². The zero-order chi connectivity index (χ0) is 20.5. The molecule has 1 unspecified atom stereocenters. The van der Waals surface area contributed by atoms with E-state index < -0.39 is 18.0 Å². The van der Waals surface area contributed by atoms with E-state index in [-0.39, 0.29) is 23.7 Å². The first-order valence-electron chi connectivity index (χ1n) is 9.66. The summed E-state index contributed by atoms with van der Waals surface area (Å²) >= 11 is 0. The number of anilines is 2. The molecule has 29 heavy (non-hydrogen) atoms. The van der Waals surface area contributed by atoms with E-state index in [1.54, 1.807) is 42.1 Å². The molecule has 10 heteroatoms. The molecule has 1 aliphatic carbocycles. The number of nitrogens with one attached hydrogen (secondary N) is 2. The molecule has 1 aromatic heterocycles. The van der Waals surface area contributed by atoms with Crippen molar-refractivity contribution in [2.24, 2.45) is 5.73 Å². The molecule has 152 valence electrons. The number of carbonyl (C=O) groups is 3. The lowest BCUT2D eigenvalue weighted by Gasteiger charge is -2.25. The molecule has 10 nitrogen and oxygen atoms in total. The van der Waals surface area contributed by atoms with Gasteiger partial charge in [0.1, 0.15) is 6.04 Å². The van der Waals surface area contributed by atoms with Gasteiger partial charge in [0.15, 0.2) is 5.69 Å². The summed E-state index contributed by atoms with van der Waals surface area (Å²) in [5.74, 6) is -0.838. The second kappa shape index (κ2) is 7.63. The fourth-order valence-electron chi connectivity index (χ4n) is 3.72. The molecular formula is C19H23N7O3. The van der Waals surface area contributed by atoms with Crippen molar-refractivity contribution >= 4 is 29.2 Å². The molecule has 0 radical (unpaired) electrons. The number of hydrogen-bond donors (Lipinski definition) is 3. The van der Waals surface area contributed by atoms with E-state index in [2.05, 4.69) is 20.9 Å². The van der Waals surface area contributed by atoms with Crippen molar-refractivity contribution in [3.63, 3.8) is 0 Å². The van der Waals surface area contributed by atoms with Crippen molar-refractivity contribution < 1.29 is 14.4 Å². The molecular weight excluding hydrogens is 374 g/mol. The number of nitrogens with two attached hydrogens (primary N) is 1. The van der Waals surface area contributed by atoms with Gasteiger partial charge in [-0.05, 0) is 44.7 Å². The summed E-state index contributed by atoms with van der Waals surface area (Å²) in [4.78, 5) is 38.2. The average molecular weight is 397 g/mol. The Morgan fingerprint density at radius 3 is 2.62 bits per heavy atom. The smallest absolute Gasteiger partial charge is 0.328 e. The van der Waals surface area contributed by atoms with Gasteiger partial charge < -0.3 is 16.4 Å². The predicted octanol–water partition coefficient (Wildman–Crippen LogP) is 1.42. The molecule has 2 aliphatic rings. The Hall–Kier alpha value is -3.27. The molecule has 4 amide bonds. The van der Waals surface area contributed by atoms with Crippen LogP contribution in [0.4, 0.5) is 16.2 Å². The Balaban J connectivity index is 1.51. The topological polar surface area (TPSA) is 135 Å². The zero-order valence-corrected chi connectivity index (χ0v) is 16.0. The van der Waals surface area contributed by atoms with E-state index in [0.717, 1.165) is 30.6 Å². The summed E-state index contributed by atoms with van der Waals surface area (Å²) in [6.45, 7) is 1.61. The highest BCUT2D eigenvalue weighted by Gasteiger charge is 2.37. The van der Waals surface area contributed by atoms with E-state index in [1.165, 1.54) is 0 Å². The summed E-state index contributed by atoms with van der Waals surface area (Å²) in [6.07, 6.45) is 5.26. The van der Waals surface area contributed by atoms with E-state index in [9.17, 15) is 14.4 Å². The van der Waals surface area contributed by atoms with E-state index in [1.807, 2.05) is 0 Å².